The maximum absolute atomic E-state index is 13.3. The fourth-order valence-electron chi connectivity index (χ4n) is 5.30. The molecule has 0 spiro atoms. The van der Waals surface area contributed by atoms with Gasteiger partial charge in [0.25, 0.3) is 5.56 Å². The number of unbranched alkanes of at least 4 members (excludes halogenated alkanes) is 1. The molecule has 1 saturated heterocycles. The Kier molecular flexibility index (Phi) is 6.45. The first-order valence-electron chi connectivity index (χ1n) is 12.9. The second-order valence-corrected chi connectivity index (χ2v) is 9.70. The fraction of sp³-hybridized carbons (Fsp3) is 0.300. The molecule has 6 nitrogen and oxygen atoms in total. The maximum Gasteiger partial charge on any atom is 0.277 e. The molecule has 0 aliphatic carbocycles. The number of benzene rings is 2. The van der Waals surface area contributed by atoms with Crippen LogP contribution in [0.4, 0.5) is 0 Å². The Hall–Kier alpha value is -3.61. The van der Waals surface area contributed by atoms with E-state index in [4.69, 9.17) is 4.42 Å². The van der Waals surface area contributed by atoms with Crippen LogP contribution in [0.3, 0.4) is 0 Å². The number of hydrogen-bond donors (Lipinski definition) is 0. The minimum atomic E-state index is 0.0102. The molecule has 6 heteroatoms. The number of aryl methyl sites for hydroxylation is 1. The Bertz CT molecular complexity index is 1490. The molecule has 1 fully saturated rings. The summed E-state index contributed by atoms with van der Waals surface area (Å²) in [7, 11) is 0. The van der Waals surface area contributed by atoms with Crippen LogP contribution in [0.5, 0.6) is 0 Å². The lowest BCUT2D eigenvalue weighted by Gasteiger charge is -2.34. The van der Waals surface area contributed by atoms with Gasteiger partial charge < -0.3 is 13.7 Å². The third-order valence-electron chi connectivity index (χ3n) is 7.29. The first-order chi connectivity index (χ1) is 17.8. The first-order valence-corrected chi connectivity index (χ1v) is 12.9. The molecule has 0 amide bonds. The van der Waals surface area contributed by atoms with Crippen molar-refractivity contribution in [3.63, 3.8) is 0 Å². The van der Waals surface area contributed by atoms with Gasteiger partial charge in [-0.25, -0.2) is 0 Å². The second kappa shape index (κ2) is 10.2. The average molecular weight is 481 g/mol. The molecule has 4 heterocycles. The predicted octanol–water partition coefficient (Wildman–Crippen LogP) is 5.11. The highest BCUT2D eigenvalue weighted by Gasteiger charge is 2.18. The molecule has 0 radical (unpaired) electrons. The van der Waals surface area contributed by atoms with E-state index in [2.05, 4.69) is 40.1 Å². The van der Waals surface area contributed by atoms with Crippen LogP contribution in [0.1, 0.15) is 18.4 Å². The largest absolute Gasteiger partial charge is 0.438 e. The van der Waals surface area contributed by atoms with Crippen molar-refractivity contribution in [2.75, 3.05) is 32.7 Å². The van der Waals surface area contributed by atoms with Crippen LogP contribution < -0.4 is 5.56 Å². The van der Waals surface area contributed by atoms with E-state index in [-0.39, 0.29) is 5.56 Å². The molecule has 2 aromatic carbocycles. The van der Waals surface area contributed by atoms with Gasteiger partial charge in [-0.2, -0.15) is 0 Å². The summed E-state index contributed by atoms with van der Waals surface area (Å²) in [5.41, 5.74) is 4.68. The van der Waals surface area contributed by atoms with E-state index in [1.165, 1.54) is 5.56 Å². The SMILES string of the molecule is O=c1c2cccn2c2cc(-c3ccccc3)oc2n1CCCCN1CCN(Cc2ccccc2)CC1. The molecule has 5 aromatic rings. The number of aromatic nitrogens is 2. The zero-order chi connectivity index (χ0) is 24.3. The van der Waals surface area contributed by atoms with Gasteiger partial charge in [0.1, 0.15) is 16.8 Å². The highest BCUT2D eigenvalue weighted by Crippen LogP contribution is 2.28. The Morgan fingerprint density at radius 1 is 0.722 bits per heavy atom. The summed E-state index contributed by atoms with van der Waals surface area (Å²) >= 11 is 0. The minimum absolute atomic E-state index is 0.0102. The van der Waals surface area contributed by atoms with Crippen molar-refractivity contribution in [2.45, 2.75) is 25.9 Å². The lowest BCUT2D eigenvalue weighted by Crippen LogP contribution is -2.46. The third-order valence-corrected chi connectivity index (χ3v) is 7.29. The summed E-state index contributed by atoms with van der Waals surface area (Å²) < 4.78 is 10.0. The van der Waals surface area contributed by atoms with Crippen LogP contribution in [0.2, 0.25) is 0 Å². The standard InChI is InChI=1S/C30H32N4O2/c35-29-26-14-9-17-33(26)27-22-28(25-12-5-2-6-13-25)36-30(27)34(29)16-8-7-15-31-18-20-32(21-19-31)23-24-10-3-1-4-11-24/h1-6,9-14,17,22H,7-8,15-16,18-21,23H2. The van der Waals surface area contributed by atoms with Gasteiger partial charge in [0.15, 0.2) is 0 Å². The molecular weight excluding hydrogens is 448 g/mol. The monoisotopic (exact) mass is 480 g/mol. The minimum Gasteiger partial charge on any atom is -0.438 e. The van der Waals surface area contributed by atoms with Gasteiger partial charge >= 0.3 is 0 Å². The second-order valence-electron chi connectivity index (χ2n) is 9.70. The summed E-state index contributed by atoms with van der Waals surface area (Å²) in [4.78, 5) is 18.4. The van der Waals surface area contributed by atoms with Crippen molar-refractivity contribution in [1.29, 1.82) is 0 Å². The van der Waals surface area contributed by atoms with Gasteiger partial charge in [0, 0.05) is 57.1 Å². The highest BCUT2D eigenvalue weighted by molar-refractivity contribution is 5.80. The van der Waals surface area contributed by atoms with E-state index in [0.717, 1.165) is 69.0 Å². The van der Waals surface area contributed by atoms with Crippen molar-refractivity contribution >= 4 is 16.7 Å². The molecular formula is C30H32N4O2. The summed E-state index contributed by atoms with van der Waals surface area (Å²) in [6.07, 6.45) is 3.94. The zero-order valence-corrected chi connectivity index (χ0v) is 20.6. The third kappa shape index (κ3) is 4.62. The van der Waals surface area contributed by atoms with Crippen LogP contribution in [-0.4, -0.2) is 51.5 Å². The van der Waals surface area contributed by atoms with E-state index >= 15 is 0 Å². The molecule has 6 rings (SSSR count). The molecule has 3 aromatic heterocycles. The quantitative estimate of drug-likeness (QED) is 0.290. The molecule has 0 N–H and O–H groups in total. The van der Waals surface area contributed by atoms with Gasteiger partial charge in [0.2, 0.25) is 5.71 Å². The summed E-state index contributed by atoms with van der Waals surface area (Å²) in [5, 5.41) is 0. The van der Waals surface area contributed by atoms with E-state index in [0.29, 0.717) is 17.8 Å². The molecule has 36 heavy (non-hydrogen) atoms. The fourth-order valence-corrected chi connectivity index (χ4v) is 5.30. The highest BCUT2D eigenvalue weighted by atomic mass is 16.3. The van der Waals surface area contributed by atoms with E-state index < -0.39 is 0 Å². The van der Waals surface area contributed by atoms with Crippen molar-refractivity contribution in [2.24, 2.45) is 0 Å². The number of fused-ring (bicyclic) bond motifs is 3. The van der Waals surface area contributed by atoms with Crippen LogP contribution in [-0.2, 0) is 13.1 Å². The Balaban J connectivity index is 1.10. The molecule has 1 aliphatic rings. The van der Waals surface area contributed by atoms with Gasteiger partial charge in [0.05, 0.1) is 0 Å². The lowest BCUT2D eigenvalue weighted by atomic mass is 10.2. The van der Waals surface area contributed by atoms with E-state index in [1.54, 1.807) is 0 Å². The van der Waals surface area contributed by atoms with Gasteiger partial charge in [-0.05, 0) is 37.1 Å². The lowest BCUT2D eigenvalue weighted by molar-refractivity contribution is 0.125. The van der Waals surface area contributed by atoms with E-state index in [9.17, 15) is 4.79 Å². The molecule has 0 bridgehead atoms. The average Bonchev–Trinajstić information content (AvgIpc) is 3.58. The molecule has 0 saturated carbocycles. The molecule has 1 aliphatic heterocycles. The topological polar surface area (TPSA) is 46.0 Å². The van der Waals surface area contributed by atoms with Crippen LogP contribution >= 0.6 is 0 Å². The summed E-state index contributed by atoms with van der Waals surface area (Å²) in [6, 6.07) is 26.6. The zero-order valence-electron chi connectivity index (χ0n) is 20.6. The number of hydrogen-bond acceptors (Lipinski definition) is 4. The van der Waals surface area contributed by atoms with Crippen molar-refractivity contribution in [3.05, 3.63) is 101 Å². The van der Waals surface area contributed by atoms with Gasteiger partial charge in [-0.1, -0.05) is 60.7 Å². The normalized spacial score (nSPS) is 15.2. The van der Waals surface area contributed by atoms with Gasteiger partial charge in [-0.3, -0.25) is 14.3 Å². The molecule has 0 atom stereocenters. The van der Waals surface area contributed by atoms with Crippen molar-refractivity contribution in [1.82, 2.24) is 18.8 Å². The van der Waals surface area contributed by atoms with Gasteiger partial charge in [-0.15, -0.1) is 0 Å². The van der Waals surface area contributed by atoms with Crippen molar-refractivity contribution < 1.29 is 4.42 Å². The number of rotatable bonds is 8. The Morgan fingerprint density at radius 2 is 1.42 bits per heavy atom. The number of nitrogens with zero attached hydrogens (tertiary/aromatic N) is 4. The Labute approximate surface area is 211 Å². The molecule has 0 unspecified atom stereocenters. The van der Waals surface area contributed by atoms with Crippen LogP contribution in [0.15, 0.2) is 94.3 Å². The van der Waals surface area contributed by atoms with E-state index in [1.807, 2.05) is 63.7 Å². The maximum atomic E-state index is 13.3. The summed E-state index contributed by atoms with van der Waals surface area (Å²) in [6.45, 7) is 7.18. The Morgan fingerprint density at radius 3 is 2.19 bits per heavy atom. The first kappa shape index (κ1) is 22.8. The number of furan rings is 1. The number of piperazine rings is 1. The summed E-state index contributed by atoms with van der Waals surface area (Å²) in [5.74, 6) is 0.785. The molecule has 184 valence electrons. The smallest absolute Gasteiger partial charge is 0.277 e. The van der Waals surface area contributed by atoms with Crippen molar-refractivity contribution in [3.8, 4) is 11.3 Å². The van der Waals surface area contributed by atoms with Crippen LogP contribution in [0, 0.1) is 0 Å². The van der Waals surface area contributed by atoms with Crippen LogP contribution in [0.25, 0.3) is 28.1 Å². The predicted molar refractivity (Wildman–Crippen MR) is 144 cm³/mol.